The number of pyridine rings is 1. The fourth-order valence-electron chi connectivity index (χ4n) is 1.49. The van der Waals surface area contributed by atoms with Crippen LogP contribution < -0.4 is 0 Å². The molecule has 0 radical (unpaired) electrons. The van der Waals surface area contributed by atoms with E-state index in [1.54, 1.807) is 23.0 Å². The van der Waals surface area contributed by atoms with E-state index >= 15 is 0 Å². The first kappa shape index (κ1) is 9.86. The van der Waals surface area contributed by atoms with Gasteiger partial charge >= 0.3 is 0 Å². The molecule has 2 aromatic heterocycles. The summed E-state index contributed by atoms with van der Waals surface area (Å²) in [5, 5.41) is 14.2. The summed E-state index contributed by atoms with van der Waals surface area (Å²) >= 11 is 0. The minimum Gasteiger partial charge on any atom is -0.382 e. The average molecular weight is 203 g/mol. The molecule has 15 heavy (non-hydrogen) atoms. The molecule has 1 N–H and O–H groups in total. The molecule has 0 amide bonds. The van der Waals surface area contributed by atoms with Gasteiger partial charge in [0.05, 0.1) is 5.69 Å². The first-order valence-electron chi connectivity index (χ1n) is 4.77. The summed E-state index contributed by atoms with van der Waals surface area (Å²) in [5.41, 5.74) is 2.37. The van der Waals surface area contributed by atoms with E-state index in [4.69, 9.17) is 0 Å². The number of aryl methyl sites for hydroxylation is 2. The molecule has 0 saturated carbocycles. The van der Waals surface area contributed by atoms with E-state index in [9.17, 15) is 5.11 Å². The number of nitrogens with zero attached hydrogens (tertiary/aromatic N) is 3. The Kier molecular flexibility index (Phi) is 2.51. The second-order valence-electron chi connectivity index (χ2n) is 3.55. The molecule has 2 heterocycles. The van der Waals surface area contributed by atoms with E-state index in [1.165, 1.54) is 0 Å². The van der Waals surface area contributed by atoms with Crippen molar-refractivity contribution in [3.8, 4) is 0 Å². The fourth-order valence-corrected chi connectivity index (χ4v) is 1.49. The molecule has 0 aliphatic heterocycles. The molecule has 0 aliphatic carbocycles. The minimum atomic E-state index is -0.673. The third-order valence-corrected chi connectivity index (χ3v) is 2.25. The van der Waals surface area contributed by atoms with E-state index in [0.29, 0.717) is 5.69 Å². The molecule has 4 nitrogen and oxygen atoms in total. The summed E-state index contributed by atoms with van der Waals surface area (Å²) in [5.74, 6) is 0. The largest absolute Gasteiger partial charge is 0.382 e. The van der Waals surface area contributed by atoms with Crippen LogP contribution in [0.5, 0.6) is 0 Å². The molecule has 4 heteroatoms. The van der Waals surface area contributed by atoms with Crippen molar-refractivity contribution in [2.24, 2.45) is 7.05 Å². The van der Waals surface area contributed by atoms with E-state index in [0.717, 1.165) is 11.3 Å². The standard InChI is InChI=1S/C11H13N3O/c1-8-7-9(3-5-12-8)11(15)10-4-6-14(2)13-10/h3-7,11,15H,1-2H3. The summed E-state index contributed by atoms with van der Waals surface area (Å²) in [6.07, 6.45) is 2.83. The van der Waals surface area contributed by atoms with Crippen LogP contribution in [-0.4, -0.2) is 19.9 Å². The fraction of sp³-hybridized carbons (Fsp3) is 0.273. The van der Waals surface area contributed by atoms with Gasteiger partial charge in [-0.1, -0.05) is 0 Å². The normalized spacial score (nSPS) is 12.7. The number of aliphatic hydroxyl groups excluding tert-OH is 1. The number of aromatic nitrogens is 3. The summed E-state index contributed by atoms with van der Waals surface area (Å²) in [6, 6.07) is 5.46. The van der Waals surface area contributed by atoms with Crippen LogP contribution in [0.3, 0.4) is 0 Å². The van der Waals surface area contributed by atoms with Gasteiger partial charge in [0.25, 0.3) is 0 Å². The number of hydrogen-bond acceptors (Lipinski definition) is 3. The van der Waals surface area contributed by atoms with Gasteiger partial charge in [-0.15, -0.1) is 0 Å². The van der Waals surface area contributed by atoms with Crippen LogP contribution >= 0.6 is 0 Å². The molecule has 2 rings (SSSR count). The quantitative estimate of drug-likeness (QED) is 0.798. The van der Waals surface area contributed by atoms with Crippen LogP contribution in [0.25, 0.3) is 0 Å². The van der Waals surface area contributed by atoms with Gasteiger partial charge in [0.2, 0.25) is 0 Å². The van der Waals surface area contributed by atoms with Crippen LogP contribution in [0.1, 0.15) is 23.1 Å². The molecule has 0 bridgehead atoms. The highest BCUT2D eigenvalue weighted by atomic mass is 16.3. The van der Waals surface area contributed by atoms with Crippen LogP contribution in [0.15, 0.2) is 30.6 Å². The van der Waals surface area contributed by atoms with E-state index in [1.807, 2.05) is 26.2 Å². The SMILES string of the molecule is Cc1cc(C(O)c2ccn(C)n2)ccn1. The molecule has 0 saturated heterocycles. The summed E-state index contributed by atoms with van der Waals surface area (Å²) in [4.78, 5) is 4.08. The molecular formula is C11H13N3O. The Morgan fingerprint density at radius 2 is 2.20 bits per heavy atom. The lowest BCUT2D eigenvalue weighted by Gasteiger charge is -2.08. The monoisotopic (exact) mass is 203 g/mol. The molecular weight excluding hydrogens is 190 g/mol. The smallest absolute Gasteiger partial charge is 0.123 e. The van der Waals surface area contributed by atoms with Gasteiger partial charge in [0, 0.05) is 25.1 Å². The number of rotatable bonds is 2. The van der Waals surface area contributed by atoms with Crippen LogP contribution in [0.2, 0.25) is 0 Å². The van der Waals surface area contributed by atoms with E-state index < -0.39 is 6.10 Å². The molecule has 78 valence electrons. The zero-order chi connectivity index (χ0) is 10.8. The highest BCUT2D eigenvalue weighted by molar-refractivity contribution is 5.25. The Hall–Kier alpha value is -1.68. The van der Waals surface area contributed by atoms with Gasteiger partial charge < -0.3 is 5.11 Å². The predicted octanol–water partition coefficient (Wildman–Crippen LogP) is 1.21. The molecule has 0 aromatic carbocycles. The lowest BCUT2D eigenvalue weighted by Crippen LogP contribution is -2.02. The predicted molar refractivity (Wildman–Crippen MR) is 56.2 cm³/mol. The third kappa shape index (κ3) is 2.05. The molecule has 0 aliphatic rings. The summed E-state index contributed by atoms with van der Waals surface area (Å²) in [7, 11) is 1.83. The first-order chi connectivity index (χ1) is 7.16. The van der Waals surface area contributed by atoms with Gasteiger partial charge in [-0.25, -0.2) is 0 Å². The second-order valence-corrected chi connectivity index (χ2v) is 3.55. The van der Waals surface area contributed by atoms with Crippen molar-refractivity contribution in [1.29, 1.82) is 0 Å². The molecule has 0 spiro atoms. The van der Waals surface area contributed by atoms with Gasteiger partial charge in [-0.3, -0.25) is 9.67 Å². The zero-order valence-corrected chi connectivity index (χ0v) is 8.75. The van der Waals surface area contributed by atoms with Crippen molar-refractivity contribution in [3.05, 3.63) is 47.5 Å². The zero-order valence-electron chi connectivity index (χ0n) is 8.75. The Morgan fingerprint density at radius 3 is 2.80 bits per heavy atom. The maximum Gasteiger partial charge on any atom is 0.123 e. The van der Waals surface area contributed by atoms with Crippen molar-refractivity contribution in [2.45, 2.75) is 13.0 Å². The van der Waals surface area contributed by atoms with Crippen LogP contribution in [-0.2, 0) is 7.05 Å². The molecule has 0 fully saturated rings. The van der Waals surface area contributed by atoms with Crippen molar-refractivity contribution >= 4 is 0 Å². The van der Waals surface area contributed by atoms with E-state index in [-0.39, 0.29) is 0 Å². The van der Waals surface area contributed by atoms with Crippen LogP contribution in [0.4, 0.5) is 0 Å². The first-order valence-corrected chi connectivity index (χ1v) is 4.77. The van der Waals surface area contributed by atoms with Gasteiger partial charge in [0.1, 0.15) is 6.10 Å². The molecule has 2 aromatic rings. The number of hydrogen-bond donors (Lipinski definition) is 1. The highest BCUT2D eigenvalue weighted by Crippen LogP contribution is 2.19. The lowest BCUT2D eigenvalue weighted by atomic mass is 10.1. The topological polar surface area (TPSA) is 50.9 Å². The lowest BCUT2D eigenvalue weighted by molar-refractivity contribution is 0.214. The van der Waals surface area contributed by atoms with Crippen molar-refractivity contribution < 1.29 is 5.11 Å². The summed E-state index contributed by atoms with van der Waals surface area (Å²) in [6.45, 7) is 1.90. The minimum absolute atomic E-state index is 0.656. The Bertz CT molecular complexity index is 464. The van der Waals surface area contributed by atoms with Gasteiger partial charge in [-0.2, -0.15) is 5.10 Å². The van der Waals surface area contributed by atoms with Crippen molar-refractivity contribution in [1.82, 2.24) is 14.8 Å². The second kappa shape index (κ2) is 3.82. The van der Waals surface area contributed by atoms with Gasteiger partial charge in [-0.05, 0) is 30.7 Å². The Morgan fingerprint density at radius 1 is 1.40 bits per heavy atom. The van der Waals surface area contributed by atoms with Crippen LogP contribution in [0, 0.1) is 6.92 Å². The Balaban J connectivity index is 2.32. The Labute approximate surface area is 88.2 Å². The summed E-state index contributed by atoms with van der Waals surface area (Å²) < 4.78 is 1.67. The molecule has 1 atom stereocenters. The van der Waals surface area contributed by atoms with Crippen molar-refractivity contribution in [3.63, 3.8) is 0 Å². The average Bonchev–Trinajstić information content (AvgIpc) is 2.64. The maximum atomic E-state index is 10.0. The third-order valence-electron chi connectivity index (χ3n) is 2.25. The maximum absolute atomic E-state index is 10.0. The molecule has 1 unspecified atom stereocenters. The number of aliphatic hydroxyl groups is 1. The van der Waals surface area contributed by atoms with Crippen molar-refractivity contribution in [2.75, 3.05) is 0 Å². The highest BCUT2D eigenvalue weighted by Gasteiger charge is 2.12. The van der Waals surface area contributed by atoms with Gasteiger partial charge in [0.15, 0.2) is 0 Å². The van der Waals surface area contributed by atoms with E-state index in [2.05, 4.69) is 10.1 Å².